The number of hydrogen-bond acceptors (Lipinski definition) is 1. The molecule has 0 spiro atoms. The monoisotopic (exact) mass is 290 g/mol. The molecule has 0 atom stereocenters. The molecular formula is C20H34O. The van der Waals surface area contributed by atoms with Gasteiger partial charge in [0.1, 0.15) is 0 Å². The van der Waals surface area contributed by atoms with Crippen molar-refractivity contribution in [2.24, 2.45) is 23.7 Å². The molecule has 0 bridgehead atoms. The highest BCUT2D eigenvalue weighted by atomic mass is 16.5. The molecule has 2 aliphatic rings. The maximum Gasteiger partial charge on any atom is 0.0901 e. The van der Waals surface area contributed by atoms with Gasteiger partial charge in [0.25, 0.3) is 0 Å². The fourth-order valence-corrected chi connectivity index (χ4v) is 4.26. The maximum absolute atomic E-state index is 5.65. The predicted octanol–water partition coefficient (Wildman–Crippen LogP) is 6.12. The van der Waals surface area contributed by atoms with Crippen LogP contribution < -0.4 is 0 Å². The molecule has 120 valence electrons. The summed E-state index contributed by atoms with van der Waals surface area (Å²) in [5, 5.41) is 0. The first-order chi connectivity index (χ1) is 10.3. The lowest BCUT2D eigenvalue weighted by Crippen LogP contribution is -2.26. The fourth-order valence-electron chi connectivity index (χ4n) is 4.26. The lowest BCUT2D eigenvalue weighted by molar-refractivity contribution is 0.113. The van der Waals surface area contributed by atoms with Crippen molar-refractivity contribution in [3.8, 4) is 0 Å². The fraction of sp³-hybridized carbons (Fsp3) is 0.800. The van der Waals surface area contributed by atoms with Gasteiger partial charge in [0, 0.05) is 0 Å². The highest BCUT2D eigenvalue weighted by Crippen LogP contribution is 2.41. The van der Waals surface area contributed by atoms with Crippen molar-refractivity contribution < 1.29 is 4.74 Å². The number of rotatable bonds is 6. The van der Waals surface area contributed by atoms with Gasteiger partial charge in [-0.1, -0.05) is 25.2 Å². The summed E-state index contributed by atoms with van der Waals surface area (Å²) in [6.07, 6.45) is 21.2. The third-order valence-corrected chi connectivity index (χ3v) is 5.60. The van der Waals surface area contributed by atoms with Crippen LogP contribution in [0.4, 0.5) is 0 Å². The summed E-state index contributed by atoms with van der Waals surface area (Å²) in [4.78, 5) is 0. The Balaban J connectivity index is 1.64. The third-order valence-electron chi connectivity index (χ3n) is 5.60. The Labute approximate surface area is 131 Å². The average Bonchev–Trinajstić information content (AvgIpc) is 2.53. The van der Waals surface area contributed by atoms with Crippen molar-refractivity contribution in [2.75, 3.05) is 6.61 Å². The van der Waals surface area contributed by atoms with Crippen LogP contribution in [0.25, 0.3) is 0 Å². The van der Waals surface area contributed by atoms with Crippen molar-refractivity contribution in [1.82, 2.24) is 0 Å². The molecule has 0 aromatic carbocycles. The number of ether oxygens (including phenoxy) is 1. The van der Waals surface area contributed by atoms with Crippen molar-refractivity contribution in [1.29, 1.82) is 0 Å². The van der Waals surface area contributed by atoms with Gasteiger partial charge in [-0.3, -0.25) is 0 Å². The van der Waals surface area contributed by atoms with Crippen LogP contribution in [0.15, 0.2) is 24.5 Å². The molecule has 2 aliphatic carbocycles. The summed E-state index contributed by atoms with van der Waals surface area (Å²) in [7, 11) is 0. The van der Waals surface area contributed by atoms with Gasteiger partial charge in [-0.25, -0.2) is 0 Å². The van der Waals surface area contributed by atoms with Gasteiger partial charge >= 0.3 is 0 Å². The highest BCUT2D eigenvalue weighted by molar-refractivity contribution is 4.90. The Kier molecular flexibility index (Phi) is 7.39. The topological polar surface area (TPSA) is 9.23 Å². The Bertz CT molecular complexity index is 315. The van der Waals surface area contributed by atoms with Crippen LogP contribution in [-0.2, 0) is 4.74 Å². The summed E-state index contributed by atoms with van der Waals surface area (Å²) in [6, 6.07) is 0. The Hall–Kier alpha value is -0.720. The Morgan fingerprint density at radius 2 is 1.52 bits per heavy atom. The van der Waals surface area contributed by atoms with Gasteiger partial charge in [0.05, 0.1) is 12.9 Å². The van der Waals surface area contributed by atoms with Crippen molar-refractivity contribution >= 4 is 0 Å². The van der Waals surface area contributed by atoms with Gasteiger partial charge in [0.15, 0.2) is 0 Å². The second kappa shape index (κ2) is 9.33. The molecular weight excluding hydrogens is 256 g/mol. The summed E-state index contributed by atoms with van der Waals surface area (Å²) in [5.74, 6) is 3.72. The van der Waals surface area contributed by atoms with E-state index in [-0.39, 0.29) is 0 Å². The lowest BCUT2D eigenvalue weighted by Gasteiger charge is -2.37. The van der Waals surface area contributed by atoms with E-state index < -0.39 is 0 Å². The highest BCUT2D eigenvalue weighted by Gasteiger charge is 2.30. The molecule has 0 aliphatic heterocycles. The zero-order valence-corrected chi connectivity index (χ0v) is 14.1. The van der Waals surface area contributed by atoms with Gasteiger partial charge < -0.3 is 4.74 Å². The SMILES string of the molecule is C/C=C/C1CCC(C2CCC(CO/C=C\CC)CC2)CC1. The molecule has 1 heteroatoms. The molecule has 0 radical (unpaired) electrons. The minimum absolute atomic E-state index is 0.808. The van der Waals surface area contributed by atoms with E-state index in [2.05, 4.69) is 32.1 Å². The summed E-state index contributed by atoms with van der Waals surface area (Å²) in [5.41, 5.74) is 0. The molecule has 0 N–H and O–H groups in total. The molecule has 0 aromatic rings. The number of allylic oxidation sites excluding steroid dienone is 3. The lowest BCUT2D eigenvalue weighted by atomic mass is 9.69. The van der Waals surface area contributed by atoms with E-state index in [1.54, 1.807) is 0 Å². The molecule has 0 amide bonds. The van der Waals surface area contributed by atoms with Crippen molar-refractivity contribution in [2.45, 2.75) is 71.6 Å². The van der Waals surface area contributed by atoms with E-state index in [9.17, 15) is 0 Å². The molecule has 21 heavy (non-hydrogen) atoms. The Morgan fingerprint density at radius 1 is 0.905 bits per heavy atom. The summed E-state index contributed by atoms with van der Waals surface area (Å²) in [6.45, 7) is 5.25. The van der Waals surface area contributed by atoms with Crippen LogP contribution in [0, 0.1) is 23.7 Å². The first kappa shape index (κ1) is 16.6. The first-order valence-corrected chi connectivity index (χ1v) is 9.22. The second-order valence-electron chi connectivity index (χ2n) is 7.09. The van der Waals surface area contributed by atoms with E-state index in [0.29, 0.717) is 0 Å². The van der Waals surface area contributed by atoms with E-state index >= 15 is 0 Å². The van der Waals surface area contributed by atoms with Crippen molar-refractivity contribution in [3.63, 3.8) is 0 Å². The average molecular weight is 290 g/mol. The second-order valence-corrected chi connectivity index (χ2v) is 7.09. The maximum atomic E-state index is 5.65. The summed E-state index contributed by atoms with van der Waals surface area (Å²) < 4.78 is 5.65. The minimum atomic E-state index is 0.808. The molecule has 1 nitrogen and oxygen atoms in total. The van der Waals surface area contributed by atoms with Crippen LogP contribution in [0.3, 0.4) is 0 Å². The molecule has 2 saturated carbocycles. The largest absolute Gasteiger partial charge is 0.501 e. The number of hydrogen-bond donors (Lipinski definition) is 0. The van der Waals surface area contributed by atoms with Crippen LogP contribution in [-0.4, -0.2) is 6.61 Å². The molecule has 0 heterocycles. The van der Waals surface area contributed by atoms with Crippen LogP contribution >= 0.6 is 0 Å². The zero-order valence-electron chi connectivity index (χ0n) is 14.1. The van der Waals surface area contributed by atoms with E-state index in [1.807, 2.05) is 6.26 Å². The molecule has 0 unspecified atom stereocenters. The predicted molar refractivity (Wildman–Crippen MR) is 91.1 cm³/mol. The van der Waals surface area contributed by atoms with E-state index in [0.717, 1.165) is 36.7 Å². The minimum Gasteiger partial charge on any atom is -0.501 e. The van der Waals surface area contributed by atoms with Crippen LogP contribution in [0.5, 0.6) is 0 Å². The smallest absolute Gasteiger partial charge is 0.0901 e. The van der Waals surface area contributed by atoms with Crippen molar-refractivity contribution in [3.05, 3.63) is 24.5 Å². The van der Waals surface area contributed by atoms with Crippen LogP contribution in [0.1, 0.15) is 71.6 Å². The molecule has 0 saturated heterocycles. The van der Waals surface area contributed by atoms with Gasteiger partial charge in [0.2, 0.25) is 0 Å². The standard InChI is InChI=1S/C20H34O/c1-3-5-15-21-16-18-9-13-20(14-10-18)19-11-7-17(6-4-2)8-12-19/h4-6,15,17-20H,3,7-14,16H2,1-2H3/b6-4+,15-5-. The quantitative estimate of drug-likeness (QED) is 0.423. The zero-order chi connectivity index (χ0) is 14.9. The molecule has 2 fully saturated rings. The molecule has 0 aromatic heterocycles. The Morgan fingerprint density at radius 3 is 2.10 bits per heavy atom. The van der Waals surface area contributed by atoms with E-state index in [4.69, 9.17) is 4.74 Å². The van der Waals surface area contributed by atoms with Gasteiger partial charge in [-0.05, 0) is 88.4 Å². The third kappa shape index (κ3) is 5.52. The van der Waals surface area contributed by atoms with Gasteiger partial charge in [-0.15, -0.1) is 0 Å². The van der Waals surface area contributed by atoms with Gasteiger partial charge in [-0.2, -0.15) is 0 Å². The normalized spacial score (nSPS) is 34.6. The van der Waals surface area contributed by atoms with E-state index in [1.165, 1.54) is 51.4 Å². The summed E-state index contributed by atoms with van der Waals surface area (Å²) >= 11 is 0. The van der Waals surface area contributed by atoms with Crippen LogP contribution in [0.2, 0.25) is 0 Å². The molecule has 2 rings (SSSR count). The first-order valence-electron chi connectivity index (χ1n) is 9.22.